The summed E-state index contributed by atoms with van der Waals surface area (Å²) in [5, 5.41) is 0. The van der Waals surface area contributed by atoms with Crippen molar-refractivity contribution in [3.63, 3.8) is 0 Å². The first kappa shape index (κ1) is 18.8. The van der Waals surface area contributed by atoms with E-state index in [0.29, 0.717) is 18.9 Å². The summed E-state index contributed by atoms with van der Waals surface area (Å²) in [5.74, 6) is 0.628. The topological polar surface area (TPSA) is 44.8 Å². The summed E-state index contributed by atoms with van der Waals surface area (Å²) in [6, 6.07) is 0. The molecule has 0 N–H and O–H groups in total. The quantitative estimate of drug-likeness (QED) is 0.537. The second-order valence-corrected chi connectivity index (χ2v) is 8.13. The third kappa shape index (κ3) is 4.73. The fourth-order valence-electron chi connectivity index (χ4n) is 3.66. The predicted octanol–water partition coefficient (Wildman–Crippen LogP) is 4.37. The SMILES string of the molecule is CCOC(=O)CC(CC1CCCCC1)B1OC(C)(C)C(C)(C)O1. The number of ether oxygens (including phenoxy) is 1. The van der Waals surface area contributed by atoms with E-state index in [0.717, 1.165) is 6.42 Å². The largest absolute Gasteiger partial charge is 0.466 e. The van der Waals surface area contributed by atoms with Gasteiger partial charge >= 0.3 is 13.1 Å². The minimum Gasteiger partial charge on any atom is -0.466 e. The Balaban J connectivity index is 2.05. The zero-order chi connectivity index (χ0) is 17.1. The Bertz CT molecular complexity index is 386. The summed E-state index contributed by atoms with van der Waals surface area (Å²) in [6.45, 7) is 10.5. The van der Waals surface area contributed by atoms with Gasteiger partial charge in [-0.1, -0.05) is 32.1 Å². The Morgan fingerprint density at radius 3 is 2.22 bits per heavy atom. The molecule has 2 rings (SSSR count). The Morgan fingerprint density at radius 1 is 1.13 bits per heavy atom. The average molecular weight is 324 g/mol. The van der Waals surface area contributed by atoms with Crippen LogP contribution in [0.1, 0.15) is 79.6 Å². The molecule has 1 heterocycles. The second kappa shape index (κ2) is 7.56. The summed E-state index contributed by atoms with van der Waals surface area (Å²) >= 11 is 0. The van der Waals surface area contributed by atoms with Crippen LogP contribution in [0.4, 0.5) is 0 Å². The molecule has 1 unspecified atom stereocenters. The van der Waals surface area contributed by atoms with E-state index in [1.165, 1.54) is 32.1 Å². The lowest BCUT2D eigenvalue weighted by molar-refractivity contribution is -0.143. The van der Waals surface area contributed by atoms with Crippen LogP contribution in [0.25, 0.3) is 0 Å². The van der Waals surface area contributed by atoms with Crippen molar-refractivity contribution in [1.82, 2.24) is 0 Å². The van der Waals surface area contributed by atoms with Crippen molar-refractivity contribution < 1.29 is 18.8 Å². The second-order valence-electron chi connectivity index (χ2n) is 8.13. The summed E-state index contributed by atoms with van der Waals surface area (Å²) in [7, 11) is -0.314. The Kier molecular flexibility index (Phi) is 6.18. The van der Waals surface area contributed by atoms with Gasteiger partial charge in [0.25, 0.3) is 0 Å². The molecule has 1 aliphatic carbocycles. The van der Waals surface area contributed by atoms with Gasteiger partial charge in [0.2, 0.25) is 0 Å². The van der Waals surface area contributed by atoms with E-state index in [4.69, 9.17) is 14.0 Å². The number of carbonyl (C=O) groups excluding carboxylic acids is 1. The smallest absolute Gasteiger partial charge is 0.461 e. The van der Waals surface area contributed by atoms with Crippen LogP contribution in [0.2, 0.25) is 5.82 Å². The zero-order valence-electron chi connectivity index (χ0n) is 15.5. The first-order chi connectivity index (χ1) is 10.7. The van der Waals surface area contributed by atoms with E-state index < -0.39 is 0 Å². The molecule has 2 aliphatic rings. The van der Waals surface area contributed by atoms with Gasteiger partial charge < -0.3 is 14.0 Å². The van der Waals surface area contributed by atoms with Gasteiger partial charge in [-0.05, 0) is 47.0 Å². The van der Waals surface area contributed by atoms with Gasteiger partial charge in [-0.3, -0.25) is 4.79 Å². The first-order valence-corrected chi connectivity index (χ1v) is 9.26. The highest BCUT2D eigenvalue weighted by Crippen LogP contribution is 2.44. The summed E-state index contributed by atoms with van der Waals surface area (Å²) in [5.41, 5.74) is -0.700. The molecule has 1 atom stereocenters. The van der Waals surface area contributed by atoms with Crippen LogP contribution in [-0.4, -0.2) is 30.9 Å². The molecule has 0 aromatic carbocycles. The number of esters is 1. The fourth-order valence-corrected chi connectivity index (χ4v) is 3.66. The van der Waals surface area contributed by atoms with Crippen molar-refractivity contribution in [1.29, 1.82) is 0 Å². The van der Waals surface area contributed by atoms with Crippen LogP contribution in [-0.2, 0) is 18.8 Å². The molecule has 2 fully saturated rings. The van der Waals surface area contributed by atoms with Crippen molar-refractivity contribution in [2.45, 2.75) is 96.6 Å². The lowest BCUT2D eigenvalue weighted by Gasteiger charge is -2.32. The predicted molar refractivity (Wildman–Crippen MR) is 92.3 cm³/mol. The van der Waals surface area contributed by atoms with Crippen molar-refractivity contribution in [2.75, 3.05) is 6.61 Å². The van der Waals surface area contributed by atoms with Gasteiger partial charge in [0.15, 0.2) is 0 Å². The number of carbonyl (C=O) groups is 1. The molecule has 0 aromatic rings. The lowest BCUT2D eigenvalue weighted by Crippen LogP contribution is -2.41. The molecule has 0 radical (unpaired) electrons. The normalized spacial score (nSPS) is 25.3. The Labute approximate surface area is 141 Å². The zero-order valence-corrected chi connectivity index (χ0v) is 15.5. The highest BCUT2D eigenvalue weighted by molar-refractivity contribution is 6.47. The molecule has 1 saturated carbocycles. The summed E-state index contributed by atoms with van der Waals surface area (Å²) < 4.78 is 17.6. The third-order valence-electron chi connectivity index (χ3n) is 5.75. The maximum Gasteiger partial charge on any atom is 0.461 e. The Hall–Kier alpha value is -0.545. The van der Waals surface area contributed by atoms with Crippen LogP contribution in [0.15, 0.2) is 0 Å². The van der Waals surface area contributed by atoms with Gasteiger partial charge in [0.05, 0.1) is 17.8 Å². The lowest BCUT2D eigenvalue weighted by atomic mass is 9.64. The molecule has 1 saturated heterocycles. The molecule has 1 aliphatic heterocycles. The van der Waals surface area contributed by atoms with E-state index in [1.54, 1.807) is 0 Å². The van der Waals surface area contributed by atoms with Crippen LogP contribution in [0.5, 0.6) is 0 Å². The van der Waals surface area contributed by atoms with E-state index >= 15 is 0 Å². The summed E-state index contributed by atoms with van der Waals surface area (Å²) in [6.07, 6.45) is 7.87. The number of rotatable bonds is 6. The maximum absolute atomic E-state index is 12.0. The van der Waals surface area contributed by atoms with Gasteiger partial charge in [0.1, 0.15) is 0 Å². The minimum absolute atomic E-state index is 0.0817. The van der Waals surface area contributed by atoms with Crippen molar-refractivity contribution in [2.24, 2.45) is 5.92 Å². The van der Waals surface area contributed by atoms with E-state index in [9.17, 15) is 4.79 Å². The van der Waals surface area contributed by atoms with Crippen LogP contribution >= 0.6 is 0 Å². The maximum atomic E-state index is 12.0. The fraction of sp³-hybridized carbons (Fsp3) is 0.944. The van der Waals surface area contributed by atoms with Gasteiger partial charge in [-0.15, -0.1) is 0 Å². The van der Waals surface area contributed by atoms with Crippen molar-refractivity contribution in [3.05, 3.63) is 0 Å². The minimum atomic E-state index is -0.350. The molecule has 23 heavy (non-hydrogen) atoms. The van der Waals surface area contributed by atoms with E-state index in [1.807, 2.05) is 6.92 Å². The third-order valence-corrected chi connectivity index (χ3v) is 5.75. The molecule has 0 spiro atoms. The molecule has 5 heteroatoms. The number of hydrogen-bond donors (Lipinski definition) is 0. The summed E-state index contributed by atoms with van der Waals surface area (Å²) in [4.78, 5) is 12.0. The van der Waals surface area contributed by atoms with Gasteiger partial charge in [-0.2, -0.15) is 0 Å². The van der Waals surface area contributed by atoms with Crippen molar-refractivity contribution >= 4 is 13.1 Å². The highest BCUT2D eigenvalue weighted by atomic mass is 16.7. The van der Waals surface area contributed by atoms with Gasteiger partial charge in [-0.25, -0.2) is 0 Å². The molecule has 0 amide bonds. The van der Waals surface area contributed by atoms with Crippen molar-refractivity contribution in [3.8, 4) is 0 Å². The monoisotopic (exact) mass is 324 g/mol. The molecular formula is C18H33BO4. The molecular weight excluding hydrogens is 291 g/mol. The average Bonchev–Trinajstić information content (AvgIpc) is 2.68. The van der Waals surface area contributed by atoms with E-state index in [2.05, 4.69) is 27.7 Å². The van der Waals surface area contributed by atoms with Gasteiger partial charge in [0, 0.05) is 12.2 Å². The van der Waals surface area contributed by atoms with Crippen LogP contribution in [0, 0.1) is 5.92 Å². The molecule has 4 nitrogen and oxygen atoms in total. The molecule has 0 aromatic heterocycles. The standard InChI is InChI=1S/C18H33BO4/c1-6-21-16(20)13-15(12-14-10-8-7-9-11-14)19-22-17(2,3)18(4,5)23-19/h14-15H,6-13H2,1-5H3. The van der Waals surface area contributed by atoms with Crippen LogP contribution in [0.3, 0.4) is 0 Å². The molecule has 132 valence electrons. The first-order valence-electron chi connectivity index (χ1n) is 9.26. The van der Waals surface area contributed by atoms with Crippen LogP contribution < -0.4 is 0 Å². The highest BCUT2D eigenvalue weighted by Gasteiger charge is 2.54. The number of hydrogen-bond acceptors (Lipinski definition) is 4. The molecule has 0 bridgehead atoms. The van der Waals surface area contributed by atoms with E-state index in [-0.39, 0.29) is 30.1 Å². The Morgan fingerprint density at radius 2 is 1.70 bits per heavy atom.